The minimum absolute atomic E-state index is 0.181. The van der Waals surface area contributed by atoms with Crippen molar-refractivity contribution in [3.63, 3.8) is 0 Å². The number of benzene rings is 1. The Morgan fingerprint density at radius 3 is 2.76 bits per heavy atom. The van der Waals surface area contributed by atoms with Gasteiger partial charge >= 0.3 is 0 Å². The van der Waals surface area contributed by atoms with Crippen molar-refractivity contribution in [3.8, 4) is 12.3 Å². The Hall–Kier alpha value is -3.45. The minimum Gasteiger partial charge on any atom is -0.333 e. The van der Waals surface area contributed by atoms with Gasteiger partial charge < -0.3 is 10.3 Å². The zero-order chi connectivity index (χ0) is 21.2. The second-order valence-electron chi connectivity index (χ2n) is 6.15. The first-order chi connectivity index (χ1) is 13.7. The van der Waals surface area contributed by atoms with Gasteiger partial charge in [-0.3, -0.25) is 9.52 Å². The summed E-state index contributed by atoms with van der Waals surface area (Å²) < 4.78 is 54.6. The first-order valence-electron chi connectivity index (χ1n) is 8.49. The zero-order valence-electron chi connectivity index (χ0n) is 15.2. The fraction of sp³-hybridized carbons (Fsp3) is 0.158. The van der Waals surface area contributed by atoms with E-state index >= 15 is 0 Å². The molecule has 3 rings (SSSR count). The summed E-state index contributed by atoms with van der Waals surface area (Å²) in [5, 5.41) is 2.95. The molecule has 1 aromatic carbocycles. The van der Waals surface area contributed by atoms with Crippen LogP contribution in [0.4, 0.5) is 20.2 Å². The lowest BCUT2D eigenvalue weighted by Crippen LogP contribution is -2.20. The Labute approximate surface area is 165 Å². The van der Waals surface area contributed by atoms with Crippen molar-refractivity contribution in [2.75, 3.05) is 15.8 Å². The lowest BCUT2D eigenvalue weighted by Gasteiger charge is -2.12. The number of rotatable bonds is 6. The lowest BCUT2D eigenvalue weighted by molar-refractivity contribution is 0.101. The number of hydrogen-bond acceptors (Lipinski definition) is 4. The van der Waals surface area contributed by atoms with Gasteiger partial charge in [0.1, 0.15) is 17.0 Å². The maximum atomic E-state index is 14.7. The second kappa shape index (κ2) is 7.89. The van der Waals surface area contributed by atoms with Crippen molar-refractivity contribution in [2.24, 2.45) is 0 Å². The molecule has 0 saturated heterocycles. The molecule has 1 amide bonds. The van der Waals surface area contributed by atoms with E-state index in [0.29, 0.717) is 23.1 Å². The molecule has 3 aromatic rings. The zero-order valence-corrected chi connectivity index (χ0v) is 16.0. The van der Waals surface area contributed by atoms with Crippen LogP contribution in [-0.2, 0) is 10.0 Å². The van der Waals surface area contributed by atoms with Gasteiger partial charge in [0.05, 0.1) is 29.0 Å². The molecule has 29 heavy (non-hydrogen) atoms. The number of aromatic amines is 1. The van der Waals surface area contributed by atoms with Gasteiger partial charge in [0.2, 0.25) is 10.0 Å². The monoisotopic (exact) mass is 418 g/mol. The molecule has 10 heteroatoms. The van der Waals surface area contributed by atoms with Crippen LogP contribution in [0.5, 0.6) is 0 Å². The van der Waals surface area contributed by atoms with E-state index in [1.165, 1.54) is 12.3 Å². The molecule has 0 atom stereocenters. The molecular formula is C19H16F2N4O3S. The second-order valence-corrected chi connectivity index (χ2v) is 7.99. The Bertz CT molecular complexity index is 1250. The quantitative estimate of drug-likeness (QED) is 0.535. The van der Waals surface area contributed by atoms with Crippen LogP contribution in [-0.4, -0.2) is 30.0 Å². The number of carbonyl (C=O) groups excluding carboxylic acids is 1. The fourth-order valence-electron chi connectivity index (χ4n) is 2.68. The summed E-state index contributed by atoms with van der Waals surface area (Å²) in [6, 6.07) is 4.89. The Kier molecular flexibility index (Phi) is 5.52. The Morgan fingerprint density at radius 2 is 2.07 bits per heavy atom. The van der Waals surface area contributed by atoms with Crippen molar-refractivity contribution in [3.05, 3.63) is 53.4 Å². The maximum absolute atomic E-state index is 14.7. The highest BCUT2D eigenvalue weighted by molar-refractivity contribution is 7.92. The van der Waals surface area contributed by atoms with Crippen molar-refractivity contribution in [2.45, 2.75) is 13.3 Å². The summed E-state index contributed by atoms with van der Waals surface area (Å²) in [5.41, 5.74) is -0.273. The van der Waals surface area contributed by atoms with E-state index in [1.807, 2.05) is 4.72 Å². The number of aromatic nitrogens is 2. The molecule has 7 nitrogen and oxygen atoms in total. The molecule has 0 aliphatic carbocycles. The van der Waals surface area contributed by atoms with Crippen LogP contribution in [0.2, 0.25) is 0 Å². The van der Waals surface area contributed by atoms with Crippen LogP contribution < -0.4 is 10.0 Å². The van der Waals surface area contributed by atoms with Crippen LogP contribution >= 0.6 is 0 Å². The topological polar surface area (TPSA) is 104 Å². The number of fused-ring (bicyclic) bond motifs is 1. The fourth-order valence-corrected chi connectivity index (χ4v) is 3.81. The Morgan fingerprint density at radius 1 is 1.31 bits per heavy atom. The SMILES string of the molecule is C#Cc1cc2cc(NC(=O)c3c(F)ccc(NS(=O)(=O)CCC)c3F)cnc2[nH]1. The number of amides is 1. The van der Waals surface area contributed by atoms with Crippen LogP contribution in [0.25, 0.3) is 11.0 Å². The van der Waals surface area contributed by atoms with Gasteiger partial charge in [0, 0.05) is 5.39 Å². The van der Waals surface area contributed by atoms with Gasteiger partial charge in [-0.05, 0) is 30.7 Å². The van der Waals surface area contributed by atoms with Gasteiger partial charge in [0.25, 0.3) is 5.91 Å². The lowest BCUT2D eigenvalue weighted by atomic mass is 10.1. The standard InChI is InChI=1S/C19H16F2N4O3S/c1-3-7-29(27,28)25-15-6-5-14(20)16(17(15)21)19(26)24-13-9-11-8-12(4-2)23-18(11)22-10-13/h2,5-6,8-10,25H,3,7H2,1H3,(H,22,23)(H,24,26). The number of nitrogens with one attached hydrogen (secondary N) is 3. The highest BCUT2D eigenvalue weighted by Gasteiger charge is 2.23. The summed E-state index contributed by atoms with van der Waals surface area (Å²) >= 11 is 0. The van der Waals surface area contributed by atoms with Gasteiger partial charge in [-0.1, -0.05) is 12.8 Å². The van der Waals surface area contributed by atoms with Crippen molar-refractivity contribution in [1.82, 2.24) is 9.97 Å². The molecule has 0 unspecified atom stereocenters. The van der Waals surface area contributed by atoms with E-state index in [2.05, 4.69) is 21.2 Å². The molecule has 0 fully saturated rings. The molecule has 3 N–H and O–H groups in total. The van der Waals surface area contributed by atoms with E-state index in [4.69, 9.17) is 6.42 Å². The number of halogens is 2. The van der Waals surface area contributed by atoms with Crippen molar-refractivity contribution in [1.29, 1.82) is 0 Å². The first kappa shape index (κ1) is 20.3. The van der Waals surface area contributed by atoms with Gasteiger partial charge in [-0.25, -0.2) is 22.2 Å². The minimum atomic E-state index is -3.82. The normalized spacial score (nSPS) is 11.2. The summed E-state index contributed by atoms with van der Waals surface area (Å²) in [5.74, 6) is -1.37. The van der Waals surface area contributed by atoms with Crippen molar-refractivity contribution < 1.29 is 22.0 Å². The van der Waals surface area contributed by atoms with Crippen molar-refractivity contribution >= 4 is 38.3 Å². The summed E-state index contributed by atoms with van der Waals surface area (Å²) in [7, 11) is -3.82. The third-order valence-electron chi connectivity index (χ3n) is 3.94. The molecule has 2 aromatic heterocycles. The van der Waals surface area contributed by atoms with E-state index in [-0.39, 0.29) is 11.4 Å². The van der Waals surface area contributed by atoms with Crippen LogP contribution in [0, 0.1) is 24.0 Å². The van der Waals surface area contributed by atoms with E-state index < -0.39 is 38.8 Å². The largest absolute Gasteiger partial charge is 0.333 e. The molecule has 0 spiro atoms. The summed E-state index contributed by atoms with van der Waals surface area (Å²) in [4.78, 5) is 19.4. The molecule has 0 radical (unpaired) electrons. The smallest absolute Gasteiger partial charge is 0.261 e. The molecule has 2 heterocycles. The number of hydrogen-bond donors (Lipinski definition) is 3. The number of carbonyl (C=O) groups is 1. The highest BCUT2D eigenvalue weighted by atomic mass is 32.2. The Balaban J connectivity index is 1.90. The van der Waals surface area contributed by atoms with E-state index in [0.717, 1.165) is 12.1 Å². The van der Waals surface area contributed by atoms with Gasteiger partial charge in [0.15, 0.2) is 5.82 Å². The van der Waals surface area contributed by atoms with Crippen LogP contribution in [0.3, 0.4) is 0 Å². The molecule has 0 bridgehead atoms. The predicted octanol–water partition coefficient (Wildman–Crippen LogP) is 3.23. The molecule has 0 aliphatic rings. The number of sulfonamides is 1. The molecular weight excluding hydrogens is 402 g/mol. The average molecular weight is 418 g/mol. The maximum Gasteiger partial charge on any atom is 0.261 e. The average Bonchev–Trinajstić information content (AvgIpc) is 3.06. The number of nitrogens with zero attached hydrogens (tertiary/aromatic N) is 1. The van der Waals surface area contributed by atoms with E-state index in [9.17, 15) is 22.0 Å². The van der Waals surface area contributed by atoms with E-state index in [1.54, 1.807) is 13.0 Å². The third kappa shape index (κ3) is 4.35. The molecule has 150 valence electrons. The first-order valence-corrected chi connectivity index (χ1v) is 10.1. The van der Waals surface area contributed by atoms with Crippen LogP contribution in [0.1, 0.15) is 29.4 Å². The number of pyridine rings is 1. The highest BCUT2D eigenvalue weighted by Crippen LogP contribution is 2.24. The number of H-pyrrole nitrogens is 1. The predicted molar refractivity (Wildman–Crippen MR) is 106 cm³/mol. The van der Waals surface area contributed by atoms with Gasteiger partial charge in [-0.15, -0.1) is 6.42 Å². The number of terminal acetylenes is 1. The summed E-state index contributed by atoms with van der Waals surface area (Å²) in [6.07, 6.45) is 6.91. The van der Waals surface area contributed by atoms with Crippen LogP contribution in [0.15, 0.2) is 30.5 Å². The molecule has 0 aliphatic heterocycles. The number of anilines is 2. The third-order valence-corrected chi connectivity index (χ3v) is 5.42. The molecule has 0 saturated carbocycles. The van der Waals surface area contributed by atoms with Gasteiger partial charge in [-0.2, -0.15) is 0 Å². The summed E-state index contributed by atoms with van der Waals surface area (Å²) in [6.45, 7) is 1.64.